The summed E-state index contributed by atoms with van der Waals surface area (Å²) in [6, 6.07) is 18.1. The molecule has 1 atom stereocenters. The lowest BCUT2D eigenvalue weighted by Gasteiger charge is -2.19. The molecule has 0 saturated heterocycles. The van der Waals surface area contributed by atoms with Gasteiger partial charge in [0.2, 0.25) is 6.10 Å². The van der Waals surface area contributed by atoms with Crippen molar-refractivity contribution >= 4 is 11.7 Å². The number of hydrogen-bond acceptors (Lipinski definition) is 5. The molecule has 1 amide bonds. The first-order valence-electron chi connectivity index (χ1n) is 7.76. The fourth-order valence-electron chi connectivity index (χ4n) is 2.36. The van der Waals surface area contributed by atoms with Crippen molar-refractivity contribution in [3.8, 4) is 11.5 Å². The van der Waals surface area contributed by atoms with E-state index in [-0.39, 0.29) is 5.91 Å². The van der Waals surface area contributed by atoms with Crippen LogP contribution in [0, 0.1) is 6.92 Å². The minimum absolute atomic E-state index is 0.340. The zero-order valence-corrected chi connectivity index (χ0v) is 13.9. The molecule has 0 aliphatic rings. The smallest absolute Gasteiger partial charge is 0.271 e. The van der Waals surface area contributed by atoms with E-state index >= 15 is 0 Å². The Morgan fingerprint density at radius 2 is 1.76 bits per heavy atom. The number of benzene rings is 2. The van der Waals surface area contributed by atoms with Crippen LogP contribution in [0.1, 0.15) is 17.4 Å². The van der Waals surface area contributed by atoms with Crippen LogP contribution in [0.3, 0.4) is 0 Å². The molecule has 3 rings (SSSR count). The van der Waals surface area contributed by atoms with Crippen molar-refractivity contribution in [2.45, 2.75) is 13.0 Å². The van der Waals surface area contributed by atoms with E-state index in [0.29, 0.717) is 28.6 Å². The SMILES string of the molecule is COc1ccccc1O[C@@H](C(=O)Nc1cc(C)on1)c1ccccc1. The maximum Gasteiger partial charge on any atom is 0.271 e. The summed E-state index contributed by atoms with van der Waals surface area (Å²) in [7, 11) is 1.55. The maximum absolute atomic E-state index is 12.8. The molecule has 6 heteroatoms. The van der Waals surface area contributed by atoms with E-state index in [4.69, 9.17) is 14.0 Å². The van der Waals surface area contributed by atoms with E-state index in [9.17, 15) is 4.79 Å². The Bertz CT molecular complexity index is 845. The van der Waals surface area contributed by atoms with Gasteiger partial charge in [-0.2, -0.15) is 0 Å². The third-order valence-corrected chi connectivity index (χ3v) is 3.53. The molecule has 2 aromatic carbocycles. The number of hydrogen-bond donors (Lipinski definition) is 1. The molecular formula is C19H18N2O4. The summed E-state index contributed by atoms with van der Waals surface area (Å²) in [5.41, 5.74) is 0.714. The van der Waals surface area contributed by atoms with Crippen molar-refractivity contribution in [1.29, 1.82) is 0 Å². The van der Waals surface area contributed by atoms with Crippen molar-refractivity contribution < 1.29 is 18.8 Å². The quantitative estimate of drug-likeness (QED) is 0.741. The Kier molecular flexibility index (Phi) is 4.99. The number of nitrogens with one attached hydrogen (secondary N) is 1. The molecule has 0 aliphatic carbocycles. The lowest BCUT2D eigenvalue weighted by atomic mass is 10.1. The molecule has 0 aliphatic heterocycles. The molecular weight excluding hydrogens is 320 g/mol. The number of aromatic nitrogens is 1. The number of aryl methyl sites for hydroxylation is 1. The van der Waals surface area contributed by atoms with Gasteiger partial charge in [0.15, 0.2) is 17.3 Å². The summed E-state index contributed by atoms with van der Waals surface area (Å²) >= 11 is 0. The molecule has 0 saturated carbocycles. The van der Waals surface area contributed by atoms with Crippen LogP contribution < -0.4 is 14.8 Å². The standard InChI is InChI=1S/C19H18N2O4/c1-13-12-17(21-25-13)20-19(22)18(14-8-4-3-5-9-14)24-16-11-7-6-10-15(16)23-2/h3-12,18H,1-2H3,(H,20,21,22)/t18-/m1/s1. The fraction of sp³-hybridized carbons (Fsp3) is 0.158. The highest BCUT2D eigenvalue weighted by Gasteiger charge is 2.25. The van der Waals surface area contributed by atoms with Gasteiger partial charge in [0, 0.05) is 11.6 Å². The Balaban J connectivity index is 1.88. The van der Waals surface area contributed by atoms with Crippen molar-refractivity contribution in [2.24, 2.45) is 0 Å². The van der Waals surface area contributed by atoms with E-state index in [1.165, 1.54) is 0 Å². The van der Waals surface area contributed by atoms with Gasteiger partial charge in [-0.15, -0.1) is 0 Å². The van der Waals surface area contributed by atoms with E-state index in [2.05, 4.69) is 10.5 Å². The van der Waals surface area contributed by atoms with Crippen LogP contribution in [0.4, 0.5) is 5.82 Å². The highest BCUT2D eigenvalue weighted by molar-refractivity contribution is 5.94. The van der Waals surface area contributed by atoms with Crippen molar-refractivity contribution in [3.63, 3.8) is 0 Å². The second-order valence-electron chi connectivity index (χ2n) is 5.37. The first-order valence-corrected chi connectivity index (χ1v) is 7.76. The minimum Gasteiger partial charge on any atom is -0.493 e. The van der Waals surface area contributed by atoms with E-state index in [1.807, 2.05) is 42.5 Å². The predicted molar refractivity (Wildman–Crippen MR) is 92.7 cm³/mol. The average Bonchev–Trinajstić information content (AvgIpc) is 3.05. The summed E-state index contributed by atoms with van der Waals surface area (Å²) in [5, 5.41) is 6.49. The number of carbonyl (C=O) groups is 1. The summed E-state index contributed by atoms with van der Waals surface area (Å²) in [4.78, 5) is 12.8. The van der Waals surface area contributed by atoms with Gasteiger partial charge in [-0.3, -0.25) is 4.79 Å². The fourth-order valence-corrected chi connectivity index (χ4v) is 2.36. The van der Waals surface area contributed by atoms with Gasteiger partial charge in [-0.25, -0.2) is 0 Å². The Morgan fingerprint density at radius 1 is 1.08 bits per heavy atom. The Labute approximate surface area is 145 Å². The summed E-state index contributed by atoms with van der Waals surface area (Å²) in [5.74, 6) is 1.62. The number of ether oxygens (including phenoxy) is 2. The van der Waals surface area contributed by atoms with Crippen molar-refractivity contribution in [3.05, 3.63) is 72.0 Å². The normalized spacial score (nSPS) is 11.6. The number of nitrogens with zero attached hydrogens (tertiary/aromatic N) is 1. The van der Waals surface area contributed by atoms with Crippen LogP contribution in [0.2, 0.25) is 0 Å². The van der Waals surface area contributed by atoms with E-state index < -0.39 is 6.10 Å². The van der Waals surface area contributed by atoms with Gasteiger partial charge in [-0.1, -0.05) is 47.6 Å². The van der Waals surface area contributed by atoms with Gasteiger partial charge >= 0.3 is 0 Å². The topological polar surface area (TPSA) is 73.6 Å². The second-order valence-corrected chi connectivity index (χ2v) is 5.37. The van der Waals surface area contributed by atoms with Gasteiger partial charge in [-0.05, 0) is 19.1 Å². The van der Waals surface area contributed by atoms with Crippen LogP contribution in [-0.4, -0.2) is 18.2 Å². The van der Waals surface area contributed by atoms with E-state index in [0.717, 1.165) is 0 Å². The molecule has 1 heterocycles. The van der Waals surface area contributed by atoms with Gasteiger partial charge in [0.25, 0.3) is 5.91 Å². The molecule has 1 aromatic heterocycles. The number of amides is 1. The molecule has 1 N–H and O–H groups in total. The zero-order chi connectivity index (χ0) is 17.6. The predicted octanol–water partition coefficient (Wildman–Crippen LogP) is 3.75. The van der Waals surface area contributed by atoms with Crippen molar-refractivity contribution in [1.82, 2.24) is 5.16 Å². The number of methoxy groups -OCH3 is 1. The number of para-hydroxylation sites is 2. The highest BCUT2D eigenvalue weighted by Crippen LogP contribution is 2.31. The van der Waals surface area contributed by atoms with Crippen LogP contribution in [0.25, 0.3) is 0 Å². The van der Waals surface area contributed by atoms with Gasteiger partial charge in [0.1, 0.15) is 5.76 Å². The molecule has 0 spiro atoms. The summed E-state index contributed by atoms with van der Waals surface area (Å²) < 4.78 is 16.2. The lowest BCUT2D eigenvalue weighted by Crippen LogP contribution is -2.26. The molecule has 25 heavy (non-hydrogen) atoms. The minimum atomic E-state index is -0.866. The number of rotatable bonds is 6. The third kappa shape index (κ3) is 3.98. The largest absolute Gasteiger partial charge is 0.493 e. The summed E-state index contributed by atoms with van der Waals surface area (Å²) in [6.45, 7) is 1.75. The summed E-state index contributed by atoms with van der Waals surface area (Å²) in [6.07, 6.45) is -0.866. The van der Waals surface area contributed by atoms with E-state index in [1.54, 1.807) is 32.2 Å². The molecule has 128 valence electrons. The lowest BCUT2D eigenvalue weighted by molar-refractivity contribution is -0.123. The zero-order valence-electron chi connectivity index (χ0n) is 13.9. The van der Waals surface area contributed by atoms with Gasteiger partial charge < -0.3 is 19.3 Å². The molecule has 0 bridgehead atoms. The maximum atomic E-state index is 12.8. The molecule has 3 aromatic rings. The third-order valence-electron chi connectivity index (χ3n) is 3.53. The molecule has 0 fully saturated rings. The number of anilines is 1. The Hall–Kier alpha value is -3.28. The van der Waals surface area contributed by atoms with Crippen molar-refractivity contribution in [2.75, 3.05) is 12.4 Å². The monoisotopic (exact) mass is 338 g/mol. The molecule has 0 unspecified atom stereocenters. The van der Waals surface area contributed by atoms with Crippen LogP contribution in [0.15, 0.2) is 65.2 Å². The molecule has 6 nitrogen and oxygen atoms in total. The van der Waals surface area contributed by atoms with Gasteiger partial charge in [0.05, 0.1) is 7.11 Å². The average molecular weight is 338 g/mol. The second kappa shape index (κ2) is 7.53. The Morgan fingerprint density at radius 3 is 2.40 bits per heavy atom. The number of carbonyl (C=O) groups excluding carboxylic acids is 1. The molecule has 0 radical (unpaired) electrons. The van der Waals surface area contributed by atoms with Crippen LogP contribution in [0.5, 0.6) is 11.5 Å². The first kappa shape index (κ1) is 16.6. The first-order chi connectivity index (χ1) is 12.2. The van der Waals surface area contributed by atoms with Crippen LogP contribution in [-0.2, 0) is 4.79 Å². The van der Waals surface area contributed by atoms with Crippen LogP contribution >= 0.6 is 0 Å². The highest BCUT2D eigenvalue weighted by atomic mass is 16.5.